The predicted octanol–water partition coefficient (Wildman–Crippen LogP) is 3.17. The molecule has 1 saturated heterocycles. The lowest BCUT2D eigenvalue weighted by Crippen LogP contribution is -2.46. The van der Waals surface area contributed by atoms with E-state index in [-0.39, 0.29) is 30.6 Å². The van der Waals surface area contributed by atoms with Gasteiger partial charge in [-0.25, -0.2) is 19.3 Å². The van der Waals surface area contributed by atoms with Crippen molar-refractivity contribution >= 4 is 30.8 Å². The van der Waals surface area contributed by atoms with Crippen molar-refractivity contribution in [1.82, 2.24) is 24.8 Å². The first-order chi connectivity index (χ1) is 12.3. The Labute approximate surface area is 169 Å². The molecule has 3 aromatic rings. The maximum Gasteiger partial charge on any atom is 0.225 e. The second-order valence-electron chi connectivity index (χ2n) is 6.05. The van der Waals surface area contributed by atoms with Crippen LogP contribution in [-0.4, -0.2) is 51.0 Å². The summed E-state index contributed by atoms with van der Waals surface area (Å²) in [6, 6.07) is 8.49. The molecule has 144 valence electrons. The van der Waals surface area contributed by atoms with Crippen molar-refractivity contribution in [2.45, 2.75) is 6.54 Å². The first-order valence-corrected chi connectivity index (χ1v) is 8.33. The van der Waals surface area contributed by atoms with Crippen molar-refractivity contribution in [3.8, 4) is 11.4 Å². The van der Waals surface area contributed by atoms with Crippen molar-refractivity contribution in [1.29, 1.82) is 0 Å². The van der Waals surface area contributed by atoms with Crippen LogP contribution in [0.25, 0.3) is 11.4 Å². The first kappa shape index (κ1) is 21.1. The molecular weight excluding hydrogens is 390 g/mol. The monoisotopic (exact) mass is 410 g/mol. The topological polar surface area (TPSA) is 60.9 Å². The molecule has 1 aliphatic rings. The minimum absolute atomic E-state index is 0. The molecule has 0 unspecified atom stereocenters. The van der Waals surface area contributed by atoms with Gasteiger partial charge < -0.3 is 9.88 Å². The highest BCUT2D eigenvalue weighted by Crippen LogP contribution is 2.20. The summed E-state index contributed by atoms with van der Waals surface area (Å²) in [6.07, 6.45) is 5.32. The molecule has 6 nitrogen and oxygen atoms in total. The number of benzene rings is 1. The van der Waals surface area contributed by atoms with Crippen LogP contribution in [0.2, 0.25) is 0 Å². The van der Waals surface area contributed by atoms with Gasteiger partial charge in [0.2, 0.25) is 5.95 Å². The van der Waals surface area contributed by atoms with Crippen LogP contribution in [0.15, 0.2) is 48.9 Å². The molecule has 0 spiro atoms. The van der Waals surface area contributed by atoms with Gasteiger partial charge in [0.25, 0.3) is 0 Å². The van der Waals surface area contributed by atoms with Gasteiger partial charge in [0.15, 0.2) is 0 Å². The molecule has 0 aliphatic carbocycles. The molecule has 1 aliphatic heterocycles. The Bertz CT molecular complexity index is 837. The Hall–Kier alpha value is -2.22. The van der Waals surface area contributed by atoms with Crippen molar-refractivity contribution < 1.29 is 4.39 Å². The smallest absolute Gasteiger partial charge is 0.225 e. The van der Waals surface area contributed by atoms with Crippen LogP contribution in [0.3, 0.4) is 0 Å². The minimum Gasteiger partial charge on any atom is -0.341 e. The summed E-state index contributed by atoms with van der Waals surface area (Å²) in [7, 11) is 0. The van der Waals surface area contributed by atoms with Crippen molar-refractivity contribution in [2.75, 3.05) is 31.1 Å². The standard InChI is InChI=1S/C18H19FN6.2ClH/c19-16-5-2-1-4-15(16)17-22-12-14(23-17)13-24-8-10-25(11-9-24)18-20-6-3-7-21-18;;/h1-7,12H,8-11,13H2,(H,22,23);2*1H. The van der Waals surface area contributed by atoms with Gasteiger partial charge in [-0.2, -0.15) is 0 Å². The molecule has 0 saturated carbocycles. The number of nitrogens with zero attached hydrogens (tertiary/aromatic N) is 5. The van der Waals surface area contributed by atoms with Gasteiger partial charge >= 0.3 is 0 Å². The number of halogens is 3. The number of aromatic nitrogens is 4. The third-order valence-corrected chi connectivity index (χ3v) is 4.36. The van der Waals surface area contributed by atoms with E-state index in [0.29, 0.717) is 11.4 Å². The average Bonchev–Trinajstić information content (AvgIpc) is 3.12. The lowest BCUT2D eigenvalue weighted by molar-refractivity contribution is 0.246. The highest BCUT2D eigenvalue weighted by molar-refractivity contribution is 5.85. The average molecular weight is 411 g/mol. The zero-order valence-electron chi connectivity index (χ0n) is 14.6. The van der Waals surface area contributed by atoms with Gasteiger partial charge in [-0.3, -0.25) is 4.90 Å². The number of piperazine rings is 1. The van der Waals surface area contributed by atoms with Gasteiger partial charge in [0.1, 0.15) is 11.6 Å². The summed E-state index contributed by atoms with van der Waals surface area (Å²) < 4.78 is 13.9. The number of hydrogen-bond acceptors (Lipinski definition) is 5. The van der Waals surface area contributed by atoms with E-state index in [9.17, 15) is 4.39 Å². The molecule has 0 radical (unpaired) electrons. The van der Waals surface area contributed by atoms with E-state index in [0.717, 1.165) is 44.4 Å². The molecular formula is C18H21Cl2FN6. The van der Waals surface area contributed by atoms with Gasteiger partial charge in [-0.15, -0.1) is 24.8 Å². The molecule has 9 heteroatoms. The van der Waals surface area contributed by atoms with Crippen LogP contribution >= 0.6 is 24.8 Å². The van der Waals surface area contributed by atoms with Gasteiger partial charge in [0.05, 0.1) is 5.56 Å². The Balaban J connectivity index is 0.00000131. The third kappa shape index (κ3) is 4.94. The van der Waals surface area contributed by atoms with E-state index in [1.165, 1.54) is 6.07 Å². The van der Waals surface area contributed by atoms with Gasteiger partial charge in [-0.05, 0) is 18.2 Å². The fourth-order valence-corrected chi connectivity index (χ4v) is 3.03. The molecule has 3 heterocycles. The lowest BCUT2D eigenvalue weighted by atomic mass is 10.2. The van der Waals surface area contributed by atoms with E-state index >= 15 is 0 Å². The van der Waals surface area contributed by atoms with Crippen LogP contribution in [0.4, 0.5) is 10.3 Å². The first-order valence-electron chi connectivity index (χ1n) is 8.33. The summed E-state index contributed by atoms with van der Waals surface area (Å²) in [5.74, 6) is 1.09. The molecule has 1 N–H and O–H groups in total. The molecule has 1 aromatic carbocycles. The van der Waals surface area contributed by atoms with Crippen molar-refractivity contribution in [2.24, 2.45) is 0 Å². The number of H-pyrrole nitrogens is 1. The van der Waals surface area contributed by atoms with Crippen LogP contribution in [0.1, 0.15) is 5.69 Å². The number of imidazole rings is 1. The largest absolute Gasteiger partial charge is 0.341 e. The molecule has 27 heavy (non-hydrogen) atoms. The highest BCUT2D eigenvalue weighted by atomic mass is 35.5. The molecule has 0 amide bonds. The summed E-state index contributed by atoms with van der Waals surface area (Å²) in [5.41, 5.74) is 1.49. The predicted molar refractivity (Wildman–Crippen MR) is 108 cm³/mol. The number of nitrogens with one attached hydrogen (secondary N) is 1. The fraction of sp³-hybridized carbons (Fsp3) is 0.278. The van der Waals surface area contributed by atoms with Crippen LogP contribution < -0.4 is 4.90 Å². The van der Waals surface area contributed by atoms with Crippen molar-refractivity contribution in [3.63, 3.8) is 0 Å². The third-order valence-electron chi connectivity index (χ3n) is 4.36. The summed E-state index contributed by atoms with van der Waals surface area (Å²) in [6.45, 7) is 4.39. The molecule has 0 bridgehead atoms. The van der Waals surface area contributed by atoms with E-state index < -0.39 is 0 Å². The Morgan fingerprint density at radius 2 is 1.63 bits per heavy atom. The van der Waals surface area contributed by atoms with Crippen LogP contribution in [0.5, 0.6) is 0 Å². The van der Waals surface area contributed by atoms with Gasteiger partial charge in [-0.1, -0.05) is 12.1 Å². The number of rotatable bonds is 4. The lowest BCUT2D eigenvalue weighted by Gasteiger charge is -2.34. The molecule has 0 atom stereocenters. The van der Waals surface area contributed by atoms with E-state index in [4.69, 9.17) is 0 Å². The SMILES string of the molecule is Cl.Cl.Fc1ccccc1-c1ncc(CN2CCN(c3ncccn3)CC2)[nH]1. The Morgan fingerprint density at radius 3 is 2.33 bits per heavy atom. The zero-order valence-corrected chi connectivity index (χ0v) is 16.2. The number of anilines is 1. The molecule has 4 rings (SSSR count). The summed E-state index contributed by atoms with van der Waals surface area (Å²) >= 11 is 0. The normalized spacial score (nSPS) is 14.3. The number of hydrogen-bond donors (Lipinski definition) is 1. The second-order valence-corrected chi connectivity index (χ2v) is 6.05. The van der Waals surface area contributed by atoms with Crippen LogP contribution in [-0.2, 0) is 6.54 Å². The van der Waals surface area contributed by atoms with E-state index in [2.05, 4.69) is 29.7 Å². The molecule has 2 aromatic heterocycles. The van der Waals surface area contributed by atoms with E-state index in [1.54, 1.807) is 30.7 Å². The maximum atomic E-state index is 13.9. The Morgan fingerprint density at radius 1 is 0.926 bits per heavy atom. The molecule has 1 fully saturated rings. The van der Waals surface area contributed by atoms with E-state index in [1.807, 2.05) is 12.1 Å². The van der Waals surface area contributed by atoms with Gasteiger partial charge in [0, 0.05) is 57.0 Å². The zero-order chi connectivity index (χ0) is 17.1. The summed E-state index contributed by atoms with van der Waals surface area (Å²) in [4.78, 5) is 20.7. The fourth-order valence-electron chi connectivity index (χ4n) is 3.03. The summed E-state index contributed by atoms with van der Waals surface area (Å²) in [5, 5.41) is 0. The Kier molecular flexibility index (Phi) is 7.53. The quantitative estimate of drug-likeness (QED) is 0.715. The second kappa shape index (κ2) is 9.64. The highest BCUT2D eigenvalue weighted by Gasteiger charge is 2.19. The van der Waals surface area contributed by atoms with Crippen molar-refractivity contribution in [3.05, 3.63) is 60.4 Å². The maximum absolute atomic E-state index is 13.9. The van der Waals surface area contributed by atoms with Crippen LogP contribution in [0, 0.1) is 5.82 Å². The number of aromatic amines is 1. The minimum atomic E-state index is -0.264.